The molecule has 3 amide bonds. The van der Waals surface area contributed by atoms with Crippen molar-refractivity contribution in [1.29, 1.82) is 0 Å². The molecule has 3 N–H and O–H groups in total. The maximum Gasteiger partial charge on any atom is 0.307 e. The van der Waals surface area contributed by atoms with Crippen LogP contribution in [0.15, 0.2) is 88.6 Å². The number of benzene rings is 2. The number of nitrogens with one attached hydrogen (secondary N) is 3. The molecule has 0 aliphatic carbocycles. The fraction of sp³-hybridized carbons (Fsp3) is 0.188. The second-order valence-corrected chi connectivity index (χ2v) is 10.4. The average molecular weight is 646 g/mol. The number of aromatic amines is 1. The van der Waals surface area contributed by atoms with Crippen LogP contribution in [0, 0.1) is 11.6 Å². The molecule has 0 saturated carbocycles. The van der Waals surface area contributed by atoms with Gasteiger partial charge in [-0.25, -0.2) is 18.7 Å². The van der Waals surface area contributed by atoms with Crippen molar-refractivity contribution in [3.05, 3.63) is 113 Å². The number of anilines is 1. The lowest BCUT2D eigenvalue weighted by Gasteiger charge is -2.17. The first-order chi connectivity index (χ1) is 22.6. The third kappa shape index (κ3) is 7.94. The number of allylic oxidation sites excluding steroid dienone is 1. The van der Waals surface area contributed by atoms with Gasteiger partial charge < -0.3 is 34.2 Å². The lowest BCUT2D eigenvalue weighted by atomic mass is 10.1. The fourth-order valence-electron chi connectivity index (χ4n) is 4.45. The quantitative estimate of drug-likeness (QED) is 0.172. The first-order valence-corrected chi connectivity index (χ1v) is 14.3. The zero-order valence-corrected chi connectivity index (χ0v) is 25.2. The maximum absolute atomic E-state index is 14.2. The molecule has 0 saturated heterocycles. The third-order valence-electron chi connectivity index (χ3n) is 6.81. The molecule has 15 heteroatoms. The Morgan fingerprint density at radius 3 is 2.70 bits per heavy atom. The highest BCUT2D eigenvalue weighted by molar-refractivity contribution is 5.99. The topological polar surface area (TPSA) is 164 Å². The Kier molecular flexibility index (Phi) is 9.84. The van der Waals surface area contributed by atoms with Gasteiger partial charge in [-0.15, -0.1) is 0 Å². The van der Waals surface area contributed by atoms with E-state index in [1.54, 1.807) is 44.4 Å². The van der Waals surface area contributed by atoms with E-state index >= 15 is 0 Å². The largest absolute Gasteiger partial charge is 0.452 e. The molecular formula is C32H29F2N7O6. The molecule has 5 rings (SSSR count). The van der Waals surface area contributed by atoms with Crippen molar-refractivity contribution in [3.63, 3.8) is 0 Å². The molecule has 0 bridgehead atoms. The lowest BCUT2D eigenvalue weighted by molar-refractivity contribution is -0.123. The number of halogens is 2. The normalized spacial score (nSPS) is 11.8. The smallest absolute Gasteiger partial charge is 0.307 e. The minimum Gasteiger partial charge on any atom is -0.452 e. The number of pyridine rings is 1. The van der Waals surface area contributed by atoms with Gasteiger partial charge in [-0.2, -0.15) is 0 Å². The molecule has 47 heavy (non-hydrogen) atoms. The van der Waals surface area contributed by atoms with Crippen molar-refractivity contribution in [2.75, 3.05) is 19.4 Å². The van der Waals surface area contributed by atoms with Gasteiger partial charge in [0.2, 0.25) is 11.8 Å². The van der Waals surface area contributed by atoms with Crippen LogP contribution in [0.1, 0.15) is 29.4 Å². The number of hydrogen-bond acceptors (Lipinski definition) is 8. The van der Waals surface area contributed by atoms with E-state index in [2.05, 4.69) is 25.6 Å². The summed E-state index contributed by atoms with van der Waals surface area (Å²) in [6, 6.07) is 9.78. The van der Waals surface area contributed by atoms with E-state index in [-0.39, 0.29) is 48.4 Å². The van der Waals surface area contributed by atoms with E-state index in [4.69, 9.17) is 9.15 Å². The number of hydrogen-bond donors (Lipinski definition) is 3. The van der Waals surface area contributed by atoms with E-state index in [0.29, 0.717) is 22.9 Å². The first kappa shape index (κ1) is 32.3. The van der Waals surface area contributed by atoms with Crippen LogP contribution in [0.5, 0.6) is 11.5 Å². The molecule has 1 atom stereocenters. The summed E-state index contributed by atoms with van der Waals surface area (Å²) in [6.07, 6.45) is 7.30. The molecule has 3 aromatic heterocycles. The third-order valence-corrected chi connectivity index (χ3v) is 6.81. The van der Waals surface area contributed by atoms with Gasteiger partial charge in [0.1, 0.15) is 35.2 Å². The highest BCUT2D eigenvalue weighted by Crippen LogP contribution is 2.30. The summed E-state index contributed by atoms with van der Waals surface area (Å²) >= 11 is 0. The molecular weight excluding hydrogens is 616 g/mol. The van der Waals surface area contributed by atoms with E-state index in [9.17, 15) is 28.0 Å². The Morgan fingerprint density at radius 1 is 1.13 bits per heavy atom. The molecule has 5 aromatic rings. The molecule has 3 heterocycles. The molecule has 0 aliphatic heterocycles. The zero-order chi connectivity index (χ0) is 33.5. The van der Waals surface area contributed by atoms with Gasteiger partial charge in [-0.1, -0.05) is 12.1 Å². The monoisotopic (exact) mass is 645 g/mol. The molecule has 0 spiro atoms. The van der Waals surface area contributed by atoms with Gasteiger partial charge in [-0.05, 0) is 55.3 Å². The lowest BCUT2D eigenvalue weighted by Crippen LogP contribution is -2.44. The number of likely N-dealkylation sites (N-methyl/N-ethyl adjacent to an activating group) is 1. The summed E-state index contributed by atoms with van der Waals surface area (Å²) < 4.78 is 39.5. The predicted octanol–water partition coefficient (Wildman–Crippen LogP) is 3.99. The van der Waals surface area contributed by atoms with Gasteiger partial charge in [0, 0.05) is 26.4 Å². The second kappa shape index (κ2) is 14.3. The van der Waals surface area contributed by atoms with Gasteiger partial charge in [0.05, 0.1) is 18.3 Å². The van der Waals surface area contributed by atoms with Crippen molar-refractivity contribution in [3.8, 4) is 11.5 Å². The van der Waals surface area contributed by atoms with Crippen molar-refractivity contribution >= 4 is 34.4 Å². The Balaban J connectivity index is 1.32. The average Bonchev–Trinajstić information content (AvgIpc) is 3.73. The van der Waals surface area contributed by atoms with Crippen LogP contribution in [0.3, 0.4) is 0 Å². The van der Waals surface area contributed by atoms with E-state index < -0.39 is 35.0 Å². The summed E-state index contributed by atoms with van der Waals surface area (Å²) in [5.74, 6) is -3.13. The summed E-state index contributed by atoms with van der Waals surface area (Å²) in [5.41, 5.74) is 0.289. The summed E-state index contributed by atoms with van der Waals surface area (Å²) in [6.45, 7) is -0.0312. The molecule has 0 radical (unpaired) electrons. The van der Waals surface area contributed by atoms with Crippen LogP contribution in [0.4, 0.5) is 14.5 Å². The van der Waals surface area contributed by atoms with Crippen LogP contribution in [0.2, 0.25) is 0 Å². The number of para-hydroxylation sites is 1. The molecule has 0 fully saturated rings. The van der Waals surface area contributed by atoms with Gasteiger partial charge in [0.15, 0.2) is 17.3 Å². The van der Waals surface area contributed by atoms with Gasteiger partial charge in [-0.3, -0.25) is 19.2 Å². The number of carbonyl (C=O) groups is 3. The number of fused-ring (bicyclic) bond motifs is 1. The van der Waals surface area contributed by atoms with Crippen LogP contribution in [0.25, 0.3) is 11.0 Å². The fourth-order valence-corrected chi connectivity index (χ4v) is 4.45. The number of nitrogens with zero attached hydrogens (tertiary/aromatic N) is 4. The number of amides is 3. The number of carbonyl (C=O) groups excluding carboxylic acids is 3. The van der Waals surface area contributed by atoms with Gasteiger partial charge >= 0.3 is 5.91 Å². The Bertz CT molecular complexity index is 2000. The first-order valence-electron chi connectivity index (χ1n) is 14.3. The second-order valence-electron chi connectivity index (χ2n) is 10.4. The van der Waals surface area contributed by atoms with E-state index in [0.717, 1.165) is 6.07 Å². The molecule has 242 valence electrons. The number of rotatable bonds is 12. The molecule has 2 aromatic carbocycles. The van der Waals surface area contributed by atoms with E-state index in [1.165, 1.54) is 46.3 Å². The van der Waals surface area contributed by atoms with Crippen molar-refractivity contribution in [2.45, 2.75) is 25.4 Å². The van der Waals surface area contributed by atoms with Crippen molar-refractivity contribution in [1.82, 2.24) is 29.7 Å². The number of aromatic nitrogens is 4. The molecule has 13 nitrogen and oxygen atoms in total. The van der Waals surface area contributed by atoms with Crippen molar-refractivity contribution in [2.24, 2.45) is 0 Å². The minimum absolute atomic E-state index is 0.0312. The van der Waals surface area contributed by atoms with Crippen LogP contribution in [-0.2, 0) is 16.1 Å². The number of ether oxygens (including phenoxy) is 1. The molecule has 0 aliphatic rings. The number of oxazole rings is 1. The maximum atomic E-state index is 14.2. The predicted molar refractivity (Wildman–Crippen MR) is 166 cm³/mol. The van der Waals surface area contributed by atoms with E-state index in [1.807, 2.05) is 0 Å². The Morgan fingerprint density at radius 2 is 1.96 bits per heavy atom. The highest BCUT2D eigenvalue weighted by atomic mass is 19.1. The van der Waals surface area contributed by atoms with Crippen LogP contribution in [-0.4, -0.2) is 62.3 Å². The number of H-pyrrole nitrogens is 1. The molecule has 1 unspecified atom stereocenters. The standard InChI is InChI=1S/C32H29F2N7O6/c1-40(2)27(42)11-4-3-7-22(37-30(44)31-35-14-16-46-31)29(43)38-23-9-6-15-41(32(23)45)18-26-36-21-8-5-10-25(28(21)39-26)47-24-13-12-19(33)17-20(24)34/h4-6,8-17,22H,3,7,18H2,1-2H3,(H,36,39)(H,37,44)(H,38,43). The van der Waals surface area contributed by atoms with Crippen molar-refractivity contribution < 1.29 is 32.3 Å². The van der Waals surface area contributed by atoms with Gasteiger partial charge in [0.25, 0.3) is 11.4 Å². The summed E-state index contributed by atoms with van der Waals surface area (Å²) in [5, 5.41) is 5.13. The summed E-state index contributed by atoms with van der Waals surface area (Å²) in [4.78, 5) is 63.9. The zero-order valence-electron chi connectivity index (χ0n) is 25.2. The summed E-state index contributed by atoms with van der Waals surface area (Å²) in [7, 11) is 3.20. The Hall–Kier alpha value is -6.12. The van der Waals surface area contributed by atoms with Crippen LogP contribution < -0.4 is 20.9 Å². The number of imidazole rings is 1. The SMILES string of the molecule is CN(C)C(=O)C=CCCC(NC(=O)c1ncco1)C(=O)Nc1cccn(Cc2nc3c(Oc4ccc(F)cc4F)cccc3[nH]2)c1=O. The Labute approximate surface area is 265 Å². The minimum atomic E-state index is -1.11. The van der Waals surface area contributed by atoms with Crippen LogP contribution >= 0.6 is 0 Å². The highest BCUT2D eigenvalue weighted by Gasteiger charge is 2.24.